The summed E-state index contributed by atoms with van der Waals surface area (Å²) in [5, 5.41) is 0. The van der Waals surface area contributed by atoms with Gasteiger partial charge in [0.05, 0.1) is 11.7 Å². The summed E-state index contributed by atoms with van der Waals surface area (Å²) in [5.41, 5.74) is 1.67. The third kappa shape index (κ3) is 6.34. The van der Waals surface area contributed by atoms with Crippen molar-refractivity contribution in [3.8, 4) is 0 Å². The average Bonchev–Trinajstić information content (AvgIpc) is 2.49. The fraction of sp³-hybridized carbons (Fsp3) is 0.250. The summed E-state index contributed by atoms with van der Waals surface area (Å²) < 4.78 is 4.96. The first kappa shape index (κ1) is 16.2. The minimum absolute atomic E-state index is 0.0855. The number of hydrogen-bond donors (Lipinski definition) is 0. The van der Waals surface area contributed by atoms with E-state index in [-0.39, 0.29) is 12.1 Å². The van der Waals surface area contributed by atoms with Crippen molar-refractivity contribution in [2.45, 2.75) is 25.8 Å². The number of carbonyl (C=O) groups is 1. The van der Waals surface area contributed by atoms with Gasteiger partial charge in [0.15, 0.2) is 0 Å². The lowest BCUT2D eigenvalue weighted by Gasteiger charge is -2.06. The number of aromatic nitrogens is 1. The Balaban J connectivity index is 0.000000217. The zero-order valence-corrected chi connectivity index (χ0v) is 12.4. The molecule has 20 heavy (non-hydrogen) atoms. The molecule has 0 aliphatic carbocycles. The van der Waals surface area contributed by atoms with E-state index in [1.165, 1.54) is 11.8 Å². The van der Waals surface area contributed by atoms with Gasteiger partial charge in [-0.15, -0.1) is 11.6 Å². The van der Waals surface area contributed by atoms with Crippen LogP contribution in [0.1, 0.15) is 29.8 Å². The van der Waals surface area contributed by atoms with Crippen molar-refractivity contribution in [2.24, 2.45) is 0 Å². The molecule has 4 heteroatoms. The van der Waals surface area contributed by atoms with Gasteiger partial charge in [0.1, 0.15) is 0 Å². The molecule has 0 saturated carbocycles. The van der Waals surface area contributed by atoms with Crippen LogP contribution in [0.25, 0.3) is 0 Å². The van der Waals surface area contributed by atoms with Crippen molar-refractivity contribution >= 4 is 17.6 Å². The fourth-order valence-corrected chi connectivity index (χ4v) is 1.51. The van der Waals surface area contributed by atoms with E-state index in [1.807, 2.05) is 44.2 Å². The summed E-state index contributed by atoms with van der Waals surface area (Å²) in [7, 11) is 0. The van der Waals surface area contributed by atoms with Crippen LogP contribution in [0.15, 0.2) is 54.9 Å². The van der Waals surface area contributed by atoms with Crippen molar-refractivity contribution < 1.29 is 9.53 Å². The number of halogens is 1. The lowest BCUT2D eigenvalue weighted by atomic mass is 10.2. The predicted octanol–water partition coefficient (Wildman–Crippen LogP) is 4.07. The Morgan fingerprint density at radius 1 is 1.20 bits per heavy atom. The predicted molar refractivity (Wildman–Crippen MR) is 80.8 cm³/mol. The monoisotopic (exact) mass is 291 g/mol. The molecule has 106 valence electrons. The number of nitrogens with zero attached hydrogens (tertiary/aromatic N) is 1. The largest absolute Gasteiger partial charge is 0.459 e. The Labute approximate surface area is 124 Å². The summed E-state index contributed by atoms with van der Waals surface area (Å²) in [6.45, 7) is 3.63. The highest BCUT2D eigenvalue weighted by molar-refractivity contribution is 6.17. The summed E-state index contributed by atoms with van der Waals surface area (Å²) in [6.07, 6.45) is 3.02. The zero-order valence-electron chi connectivity index (χ0n) is 11.6. The van der Waals surface area contributed by atoms with Crippen molar-refractivity contribution in [3.05, 3.63) is 66.0 Å². The van der Waals surface area contributed by atoms with Crippen molar-refractivity contribution in [3.63, 3.8) is 0 Å². The van der Waals surface area contributed by atoms with E-state index in [1.54, 1.807) is 18.3 Å². The molecule has 0 spiro atoms. The molecular formula is C16H18ClNO2. The van der Waals surface area contributed by atoms with Gasteiger partial charge in [-0.2, -0.15) is 0 Å². The van der Waals surface area contributed by atoms with Gasteiger partial charge >= 0.3 is 5.97 Å². The van der Waals surface area contributed by atoms with Crippen molar-refractivity contribution in [1.29, 1.82) is 0 Å². The lowest BCUT2D eigenvalue weighted by molar-refractivity contribution is 0.0377. The van der Waals surface area contributed by atoms with Gasteiger partial charge in [0.25, 0.3) is 0 Å². The van der Waals surface area contributed by atoms with Gasteiger partial charge in [0, 0.05) is 18.3 Å². The maximum Gasteiger partial charge on any atom is 0.339 e. The SMILES string of the molecule is CC(C)OC(=O)c1cccnc1.ClCc1ccccc1. The first-order valence-corrected chi connectivity index (χ1v) is 6.88. The maximum atomic E-state index is 11.2. The second-order valence-corrected chi connectivity index (χ2v) is 4.58. The van der Waals surface area contributed by atoms with Crippen molar-refractivity contribution in [1.82, 2.24) is 4.98 Å². The number of carbonyl (C=O) groups excluding carboxylic acids is 1. The summed E-state index contributed by atoms with van der Waals surface area (Å²) >= 11 is 5.53. The number of rotatable bonds is 3. The van der Waals surface area contributed by atoms with Crippen LogP contribution in [0.5, 0.6) is 0 Å². The minimum Gasteiger partial charge on any atom is -0.459 e. The zero-order chi connectivity index (χ0) is 14.8. The standard InChI is InChI=1S/C9H11NO2.C7H7Cl/c1-7(2)12-9(11)8-4-3-5-10-6-8;8-6-7-4-2-1-3-5-7/h3-7H,1-2H3;1-5H,6H2. The Morgan fingerprint density at radius 2 is 1.90 bits per heavy atom. The molecule has 1 aromatic carbocycles. The van der Waals surface area contributed by atoms with E-state index in [2.05, 4.69) is 4.98 Å². The van der Waals surface area contributed by atoms with Crippen LogP contribution < -0.4 is 0 Å². The second-order valence-electron chi connectivity index (χ2n) is 4.31. The van der Waals surface area contributed by atoms with Crippen LogP contribution in [0.2, 0.25) is 0 Å². The van der Waals surface area contributed by atoms with E-state index >= 15 is 0 Å². The van der Waals surface area contributed by atoms with Gasteiger partial charge in [-0.3, -0.25) is 4.98 Å². The van der Waals surface area contributed by atoms with Gasteiger partial charge in [-0.05, 0) is 31.5 Å². The molecule has 1 heterocycles. The molecule has 0 fully saturated rings. The molecule has 0 aliphatic heterocycles. The van der Waals surface area contributed by atoms with Gasteiger partial charge < -0.3 is 4.74 Å². The molecule has 0 aliphatic rings. The van der Waals surface area contributed by atoms with Gasteiger partial charge in [0.2, 0.25) is 0 Å². The quantitative estimate of drug-likeness (QED) is 0.632. The molecule has 2 rings (SSSR count). The highest BCUT2D eigenvalue weighted by Gasteiger charge is 2.07. The number of pyridine rings is 1. The molecule has 0 amide bonds. The molecule has 0 bridgehead atoms. The lowest BCUT2D eigenvalue weighted by Crippen LogP contribution is -2.11. The molecular weight excluding hydrogens is 274 g/mol. The number of hydrogen-bond acceptors (Lipinski definition) is 3. The second kappa shape index (κ2) is 9.10. The first-order valence-electron chi connectivity index (χ1n) is 6.34. The van der Waals surface area contributed by atoms with E-state index < -0.39 is 0 Å². The Kier molecular flexibility index (Phi) is 7.36. The highest BCUT2D eigenvalue weighted by Crippen LogP contribution is 2.01. The van der Waals surface area contributed by atoms with Crippen LogP contribution in [-0.4, -0.2) is 17.1 Å². The van der Waals surface area contributed by atoms with Crippen LogP contribution in [0.4, 0.5) is 0 Å². The summed E-state index contributed by atoms with van der Waals surface area (Å²) in [5.74, 6) is 0.291. The Morgan fingerprint density at radius 3 is 2.35 bits per heavy atom. The van der Waals surface area contributed by atoms with Gasteiger partial charge in [-0.25, -0.2) is 4.79 Å². The molecule has 0 saturated heterocycles. The Hall–Kier alpha value is -1.87. The van der Waals surface area contributed by atoms with E-state index in [9.17, 15) is 4.79 Å². The highest BCUT2D eigenvalue weighted by atomic mass is 35.5. The average molecular weight is 292 g/mol. The van der Waals surface area contributed by atoms with Crippen LogP contribution in [0, 0.1) is 0 Å². The molecule has 3 nitrogen and oxygen atoms in total. The first-order chi connectivity index (χ1) is 9.63. The number of esters is 1. The molecule has 1 aromatic heterocycles. The summed E-state index contributed by atoms with van der Waals surface area (Å²) in [4.78, 5) is 15.0. The third-order valence-corrected chi connectivity index (χ3v) is 2.55. The smallest absolute Gasteiger partial charge is 0.339 e. The molecule has 0 unspecified atom stereocenters. The summed E-state index contributed by atoms with van der Waals surface area (Å²) in [6, 6.07) is 13.3. The Bertz CT molecular complexity index is 500. The topological polar surface area (TPSA) is 39.2 Å². The minimum atomic E-state index is -0.321. The fourth-order valence-electron chi connectivity index (χ4n) is 1.33. The van der Waals surface area contributed by atoms with Crippen LogP contribution >= 0.6 is 11.6 Å². The van der Waals surface area contributed by atoms with E-state index in [0.717, 1.165) is 0 Å². The van der Waals surface area contributed by atoms with Crippen molar-refractivity contribution in [2.75, 3.05) is 0 Å². The van der Waals surface area contributed by atoms with Gasteiger partial charge in [-0.1, -0.05) is 30.3 Å². The molecule has 0 radical (unpaired) electrons. The number of ether oxygens (including phenoxy) is 1. The van der Waals surface area contributed by atoms with E-state index in [0.29, 0.717) is 11.4 Å². The third-order valence-electron chi connectivity index (χ3n) is 2.24. The maximum absolute atomic E-state index is 11.2. The van der Waals surface area contributed by atoms with Crippen LogP contribution in [-0.2, 0) is 10.6 Å². The van der Waals surface area contributed by atoms with Crippen LogP contribution in [0.3, 0.4) is 0 Å². The molecule has 2 aromatic rings. The number of benzene rings is 1. The molecule has 0 N–H and O–H groups in total. The molecule has 0 atom stereocenters. The number of alkyl halides is 1. The normalized spacial score (nSPS) is 9.60. The van der Waals surface area contributed by atoms with E-state index in [4.69, 9.17) is 16.3 Å².